The molecule has 1 N–H and O–H groups in total. The normalized spacial score (nSPS) is 25.8. The molecule has 1 unspecified atom stereocenters. The highest BCUT2D eigenvalue weighted by molar-refractivity contribution is 5.51. The van der Waals surface area contributed by atoms with E-state index in [0.29, 0.717) is 6.04 Å². The molecule has 1 aliphatic heterocycles. The van der Waals surface area contributed by atoms with Gasteiger partial charge in [-0.2, -0.15) is 0 Å². The molecule has 1 saturated carbocycles. The van der Waals surface area contributed by atoms with Gasteiger partial charge in [0.05, 0.1) is 5.60 Å². The van der Waals surface area contributed by atoms with Crippen LogP contribution in [0.4, 0.5) is 10.1 Å². The maximum Gasteiger partial charge on any atom is 0.125 e. The Morgan fingerprint density at radius 3 is 2.94 bits per heavy atom. The Morgan fingerprint density at radius 2 is 2.22 bits per heavy atom. The molecule has 3 rings (SSSR count). The van der Waals surface area contributed by atoms with Gasteiger partial charge in [-0.05, 0) is 56.7 Å². The lowest BCUT2D eigenvalue weighted by molar-refractivity contribution is -0.130. The van der Waals surface area contributed by atoms with Crippen molar-refractivity contribution in [2.75, 3.05) is 11.9 Å². The van der Waals surface area contributed by atoms with Gasteiger partial charge in [0.25, 0.3) is 0 Å². The first-order chi connectivity index (χ1) is 8.67. The number of hydrogen-bond donors (Lipinski definition) is 1. The van der Waals surface area contributed by atoms with Crippen LogP contribution in [0.25, 0.3) is 0 Å². The highest BCUT2D eigenvalue weighted by atomic mass is 19.1. The van der Waals surface area contributed by atoms with Gasteiger partial charge in [-0.3, -0.25) is 0 Å². The predicted octanol–water partition coefficient (Wildman–Crippen LogP) is 3.65. The van der Waals surface area contributed by atoms with Crippen molar-refractivity contribution in [3.63, 3.8) is 0 Å². The van der Waals surface area contributed by atoms with Crippen LogP contribution in [0.1, 0.15) is 37.7 Å². The molecule has 1 aliphatic carbocycles. The van der Waals surface area contributed by atoms with E-state index in [-0.39, 0.29) is 11.4 Å². The van der Waals surface area contributed by atoms with Crippen molar-refractivity contribution in [3.05, 3.63) is 29.6 Å². The van der Waals surface area contributed by atoms with E-state index >= 15 is 0 Å². The maximum atomic E-state index is 13.3. The lowest BCUT2D eigenvalue weighted by Crippen LogP contribution is -2.49. The summed E-state index contributed by atoms with van der Waals surface area (Å²) in [7, 11) is 0. The second-order valence-electron chi connectivity index (χ2n) is 5.68. The molecule has 2 aliphatic rings. The first-order valence-corrected chi connectivity index (χ1v) is 6.84. The van der Waals surface area contributed by atoms with E-state index in [9.17, 15) is 4.39 Å². The zero-order chi connectivity index (χ0) is 12.6. The van der Waals surface area contributed by atoms with Crippen LogP contribution in [0.15, 0.2) is 18.2 Å². The number of halogens is 1. The zero-order valence-corrected chi connectivity index (χ0v) is 10.8. The molecule has 0 aromatic heterocycles. The molecule has 1 aromatic rings. The summed E-state index contributed by atoms with van der Waals surface area (Å²) in [5, 5.41) is 3.49. The Bertz CT molecular complexity index is 442. The summed E-state index contributed by atoms with van der Waals surface area (Å²) in [5.41, 5.74) is 2.17. The highest BCUT2D eigenvalue weighted by Gasteiger charge is 2.42. The van der Waals surface area contributed by atoms with E-state index in [1.165, 1.54) is 25.3 Å². The van der Waals surface area contributed by atoms with Crippen LogP contribution in [-0.4, -0.2) is 18.2 Å². The van der Waals surface area contributed by atoms with Gasteiger partial charge in [0.1, 0.15) is 5.82 Å². The van der Waals surface area contributed by atoms with Gasteiger partial charge in [0.2, 0.25) is 0 Å². The number of benzene rings is 1. The molecule has 1 aromatic carbocycles. The van der Waals surface area contributed by atoms with Crippen LogP contribution in [0.5, 0.6) is 0 Å². The van der Waals surface area contributed by atoms with Crippen LogP contribution < -0.4 is 5.32 Å². The number of aryl methyl sites for hydroxylation is 1. The molecule has 1 heterocycles. The van der Waals surface area contributed by atoms with Crippen LogP contribution in [0, 0.1) is 12.7 Å². The molecule has 18 heavy (non-hydrogen) atoms. The monoisotopic (exact) mass is 249 g/mol. The van der Waals surface area contributed by atoms with Gasteiger partial charge in [-0.25, -0.2) is 4.39 Å². The highest BCUT2D eigenvalue weighted by Crippen LogP contribution is 2.42. The van der Waals surface area contributed by atoms with E-state index in [1.807, 2.05) is 13.0 Å². The number of anilines is 1. The smallest absolute Gasteiger partial charge is 0.125 e. The minimum atomic E-state index is -0.173. The Hall–Kier alpha value is -1.09. The number of hydrogen-bond acceptors (Lipinski definition) is 2. The number of ether oxygens (including phenoxy) is 1. The molecule has 1 spiro atoms. The Balaban J connectivity index is 1.70. The first kappa shape index (κ1) is 12.0. The van der Waals surface area contributed by atoms with Crippen LogP contribution in [-0.2, 0) is 4.74 Å². The van der Waals surface area contributed by atoms with Crippen LogP contribution >= 0.6 is 0 Å². The largest absolute Gasteiger partial charge is 0.382 e. The summed E-state index contributed by atoms with van der Waals surface area (Å²) in [6.45, 7) is 2.84. The third-order valence-electron chi connectivity index (χ3n) is 4.32. The number of rotatable bonds is 2. The van der Waals surface area contributed by atoms with Crippen molar-refractivity contribution in [3.8, 4) is 0 Å². The van der Waals surface area contributed by atoms with Crippen molar-refractivity contribution < 1.29 is 9.13 Å². The lowest BCUT2D eigenvalue weighted by atomic mass is 9.74. The predicted molar refractivity (Wildman–Crippen MR) is 70.3 cm³/mol. The van der Waals surface area contributed by atoms with Gasteiger partial charge in [-0.1, -0.05) is 6.07 Å². The van der Waals surface area contributed by atoms with Gasteiger partial charge < -0.3 is 10.1 Å². The second kappa shape index (κ2) is 4.54. The summed E-state index contributed by atoms with van der Waals surface area (Å²) < 4.78 is 19.2. The summed E-state index contributed by atoms with van der Waals surface area (Å²) in [5.74, 6) is -0.173. The summed E-state index contributed by atoms with van der Waals surface area (Å²) in [4.78, 5) is 0. The molecule has 2 fully saturated rings. The third kappa shape index (κ3) is 2.24. The van der Waals surface area contributed by atoms with Crippen LogP contribution in [0.3, 0.4) is 0 Å². The minimum Gasteiger partial charge on any atom is -0.382 e. The zero-order valence-electron chi connectivity index (χ0n) is 10.8. The topological polar surface area (TPSA) is 21.3 Å². The van der Waals surface area contributed by atoms with Crippen molar-refractivity contribution in [2.45, 2.75) is 50.7 Å². The van der Waals surface area contributed by atoms with E-state index in [2.05, 4.69) is 5.32 Å². The van der Waals surface area contributed by atoms with E-state index < -0.39 is 0 Å². The molecular weight excluding hydrogens is 229 g/mol. The quantitative estimate of drug-likeness (QED) is 0.864. The molecule has 2 nitrogen and oxygen atoms in total. The van der Waals surface area contributed by atoms with Crippen molar-refractivity contribution >= 4 is 5.69 Å². The average Bonchev–Trinajstić information content (AvgIpc) is 2.32. The molecule has 98 valence electrons. The average molecular weight is 249 g/mol. The number of nitrogens with one attached hydrogen (secondary N) is 1. The molecule has 0 amide bonds. The van der Waals surface area contributed by atoms with Gasteiger partial charge in [-0.15, -0.1) is 0 Å². The van der Waals surface area contributed by atoms with E-state index in [1.54, 1.807) is 6.07 Å². The fourth-order valence-electron chi connectivity index (χ4n) is 3.04. The van der Waals surface area contributed by atoms with Crippen molar-refractivity contribution in [2.24, 2.45) is 0 Å². The Morgan fingerprint density at radius 1 is 1.39 bits per heavy atom. The minimum absolute atomic E-state index is 0.136. The Labute approximate surface area is 108 Å². The van der Waals surface area contributed by atoms with Crippen molar-refractivity contribution in [1.29, 1.82) is 0 Å². The maximum absolute atomic E-state index is 13.3. The van der Waals surface area contributed by atoms with Crippen LogP contribution in [0.2, 0.25) is 0 Å². The van der Waals surface area contributed by atoms with Gasteiger partial charge in [0, 0.05) is 18.3 Å². The van der Waals surface area contributed by atoms with Crippen molar-refractivity contribution in [1.82, 2.24) is 0 Å². The summed E-state index contributed by atoms with van der Waals surface area (Å²) >= 11 is 0. The molecule has 1 saturated heterocycles. The SMILES string of the molecule is Cc1ccc(F)cc1NC1CCOC2(CCC2)C1. The fraction of sp³-hybridized carbons (Fsp3) is 0.600. The molecule has 1 atom stereocenters. The molecule has 0 radical (unpaired) electrons. The fourth-order valence-corrected chi connectivity index (χ4v) is 3.04. The van der Waals surface area contributed by atoms with Gasteiger partial charge in [0.15, 0.2) is 0 Å². The first-order valence-electron chi connectivity index (χ1n) is 6.84. The standard InChI is InChI=1S/C15H20FNO/c1-11-3-4-12(16)9-14(11)17-13-5-8-18-15(10-13)6-2-7-15/h3-4,9,13,17H,2,5-8,10H2,1H3. The molecule has 3 heteroatoms. The lowest BCUT2D eigenvalue weighted by Gasteiger charge is -2.47. The Kier molecular flexibility index (Phi) is 3.02. The molecular formula is C15H20FNO. The summed E-state index contributed by atoms with van der Waals surface area (Å²) in [6.07, 6.45) is 5.73. The van der Waals surface area contributed by atoms with E-state index in [4.69, 9.17) is 4.74 Å². The second-order valence-corrected chi connectivity index (χ2v) is 5.68. The molecule has 0 bridgehead atoms. The van der Waals surface area contributed by atoms with E-state index in [0.717, 1.165) is 30.7 Å². The van der Waals surface area contributed by atoms with Gasteiger partial charge >= 0.3 is 0 Å². The third-order valence-corrected chi connectivity index (χ3v) is 4.32. The summed E-state index contributed by atoms with van der Waals surface area (Å²) in [6, 6.07) is 5.35.